The van der Waals surface area contributed by atoms with Gasteiger partial charge in [0, 0.05) is 5.69 Å². The number of rotatable bonds is 3. The van der Waals surface area contributed by atoms with E-state index in [2.05, 4.69) is 5.32 Å². The van der Waals surface area contributed by atoms with E-state index in [0.29, 0.717) is 5.56 Å². The molecule has 0 spiro atoms. The van der Waals surface area contributed by atoms with Crippen molar-refractivity contribution in [2.45, 2.75) is 11.8 Å². The molecule has 0 aromatic heterocycles. The van der Waals surface area contributed by atoms with Crippen molar-refractivity contribution in [2.24, 2.45) is 5.14 Å². The fourth-order valence-electron chi connectivity index (χ4n) is 1.88. The first-order valence-corrected chi connectivity index (χ1v) is 8.49. The number of halogens is 3. The van der Waals surface area contributed by atoms with E-state index in [1.54, 1.807) is 6.92 Å². The lowest BCUT2D eigenvalue weighted by molar-refractivity contribution is 0.102. The van der Waals surface area contributed by atoms with Crippen molar-refractivity contribution in [3.63, 3.8) is 0 Å². The van der Waals surface area contributed by atoms with Crippen LogP contribution in [0.3, 0.4) is 0 Å². The Kier molecular flexibility index (Phi) is 4.95. The molecule has 3 N–H and O–H groups in total. The SMILES string of the molecule is Cc1ccc(NC(=O)c2cc(F)c(Cl)cc2Cl)cc1S(N)(=O)=O. The fourth-order valence-corrected chi connectivity index (χ4v) is 3.16. The fraction of sp³-hybridized carbons (Fsp3) is 0.0714. The number of hydrogen-bond donors (Lipinski definition) is 2. The van der Waals surface area contributed by atoms with Crippen LogP contribution in [-0.2, 0) is 10.0 Å². The summed E-state index contributed by atoms with van der Waals surface area (Å²) in [6.45, 7) is 1.57. The molecule has 0 saturated carbocycles. The molecule has 5 nitrogen and oxygen atoms in total. The quantitative estimate of drug-likeness (QED) is 0.804. The minimum Gasteiger partial charge on any atom is -0.322 e. The summed E-state index contributed by atoms with van der Waals surface area (Å²) in [5.74, 6) is -1.51. The number of nitrogens with one attached hydrogen (secondary N) is 1. The maximum absolute atomic E-state index is 13.5. The monoisotopic (exact) mass is 376 g/mol. The second-order valence-electron chi connectivity index (χ2n) is 4.73. The Balaban J connectivity index is 2.37. The van der Waals surface area contributed by atoms with E-state index in [1.165, 1.54) is 18.2 Å². The Labute approximate surface area is 142 Å². The molecule has 0 aliphatic heterocycles. The maximum Gasteiger partial charge on any atom is 0.257 e. The molecule has 2 aromatic carbocycles. The maximum atomic E-state index is 13.5. The summed E-state index contributed by atoms with van der Waals surface area (Å²) >= 11 is 11.4. The number of carbonyl (C=O) groups is 1. The molecule has 0 heterocycles. The van der Waals surface area contributed by atoms with Gasteiger partial charge in [-0.05, 0) is 36.8 Å². The van der Waals surface area contributed by atoms with E-state index in [9.17, 15) is 17.6 Å². The van der Waals surface area contributed by atoms with E-state index in [-0.39, 0.29) is 26.2 Å². The highest BCUT2D eigenvalue weighted by molar-refractivity contribution is 7.89. The minimum absolute atomic E-state index is 0.0346. The first-order valence-electron chi connectivity index (χ1n) is 6.19. The Morgan fingerprint density at radius 2 is 1.83 bits per heavy atom. The summed E-state index contributed by atoms with van der Waals surface area (Å²) in [6, 6.07) is 6.19. The highest BCUT2D eigenvalue weighted by Crippen LogP contribution is 2.26. The van der Waals surface area contributed by atoms with Crippen LogP contribution in [0.15, 0.2) is 35.2 Å². The Hall–Kier alpha value is -1.67. The molecule has 0 unspecified atom stereocenters. The van der Waals surface area contributed by atoms with Gasteiger partial charge in [0.25, 0.3) is 5.91 Å². The van der Waals surface area contributed by atoms with Crippen molar-refractivity contribution >= 4 is 44.8 Å². The molecule has 0 aliphatic rings. The van der Waals surface area contributed by atoms with Crippen LogP contribution in [0.25, 0.3) is 0 Å². The van der Waals surface area contributed by atoms with E-state index in [4.69, 9.17) is 28.3 Å². The molecular weight excluding hydrogens is 366 g/mol. The lowest BCUT2D eigenvalue weighted by atomic mass is 10.2. The highest BCUT2D eigenvalue weighted by Gasteiger charge is 2.17. The number of primary sulfonamides is 1. The number of aryl methyl sites for hydroxylation is 1. The van der Waals surface area contributed by atoms with Gasteiger partial charge in [-0.2, -0.15) is 0 Å². The van der Waals surface area contributed by atoms with Crippen molar-refractivity contribution in [2.75, 3.05) is 5.32 Å². The van der Waals surface area contributed by atoms with Gasteiger partial charge in [0.1, 0.15) is 5.82 Å². The van der Waals surface area contributed by atoms with E-state index < -0.39 is 21.7 Å². The van der Waals surface area contributed by atoms with Crippen LogP contribution in [0.4, 0.5) is 10.1 Å². The van der Waals surface area contributed by atoms with Crippen LogP contribution < -0.4 is 10.5 Å². The van der Waals surface area contributed by atoms with Crippen LogP contribution in [0.1, 0.15) is 15.9 Å². The lowest BCUT2D eigenvalue weighted by Gasteiger charge is -2.10. The summed E-state index contributed by atoms with van der Waals surface area (Å²) in [6.07, 6.45) is 0. The third-order valence-electron chi connectivity index (χ3n) is 3.01. The van der Waals surface area contributed by atoms with Gasteiger partial charge in [-0.15, -0.1) is 0 Å². The summed E-state index contributed by atoms with van der Waals surface area (Å²) in [5.41, 5.74) is 0.475. The summed E-state index contributed by atoms with van der Waals surface area (Å²) in [7, 11) is -3.93. The molecule has 2 aromatic rings. The van der Waals surface area contributed by atoms with Crippen LogP contribution in [0.2, 0.25) is 10.0 Å². The normalized spacial score (nSPS) is 11.3. The standard InChI is InChI=1S/C14H11Cl2FN2O3S/c1-7-2-3-8(4-13(7)23(18,21)22)19-14(20)9-5-12(17)11(16)6-10(9)15/h2-6H,1H3,(H,19,20)(H2,18,21,22). The van der Waals surface area contributed by atoms with Crippen molar-refractivity contribution in [1.29, 1.82) is 0 Å². The molecule has 0 fully saturated rings. The smallest absolute Gasteiger partial charge is 0.257 e. The van der Waals surface area contributed by atoms with Crippen molar-refractivity contribution in [3.8, 4) is 0 Å². The third kappa shape index (κ3) is 4.00. The van der Waals surface area contributed by atoms with E-state index >= 15 is 0 Å². The average molecular weight is 377 g/mol. The second-order valence-corrected chi connectivity index (χ2v) is 7.07. The van der Waals surface area contributed by atoms with Gasteiger partial charge in [-0.1, -0.05) is 29.3 Å². The molecule has 2 rings (SSSR count). The predicted molar refractivity (Wildman–Crippen MR) is 86.9 cm³/mol. The number of benzene rings is 2. The zero-order chi connectivity index (χ0) is 17.4. The number of nitrogens with two attached hydrogens (primary N) is 1. The summed E-state index contributed by atoms with van der Waals surface area (Å²) in [5, 5.41) is 7.29. The topological polar surface area (TPSA) is 89.3 Å². The van der Waals surface area contributed by atoms with Gasteiger partial charge in [-0.25, -0.2) is 17.9 Å². The molecule has 23 heavy (non-hydrogen) atoms. The Morgan fingerprint density at radius 3 is 2.43 bits per heavy atom. The minimum atomic E-state index is -3.93. The van der Waals surface area contributed by atoms with E-state index in [0.717, 1.165) is 12.1 Å². The first-order chi connectivity index (χ1) is 10.6. The highest BCUT2D eigenvalue weighted by atomic mass is 35.5. The number of anilines is 1. The Morgan fingerprint density at radius 1 is 1.17 bits per heavy atom. The van der Waals surface area contributed by atoms with E-state index in [1.807, 2.05) is 0 Å². The molecule has 122 valence electrons. The van der Waals surface area contributed by atoms with Crippen molar-refractivity contribution in [3.05, 3.63) is 57.3 Å². The molecule has 1 amide bonds. The first kappa shape index (κ1) is 17.7. The average Bonchev–Trinajstić information content (AvgIpc) is 2.43. The zero-order valence-electron chi connectivity index (χ0n) is 11.7. The predicted octanol–water partition coefficient (Wildman–Crippen LogP) is 3.34. The van der Waals surface area contributed by atoms with Gasteiger partial charge < -0.3 is 5.32 Å². The van der Waals surface area contributed by atoms with Crippen molar-refractivity contribution < 1.29 is 17.6 Å². The molecule has 0 atom stereocenters. The largest absolute Gasteiger partial charge is 0.322 e. The van der Waals surface area contributed by atoms with Crippen molar-refractivity contribution in [1.82, 2.24) is 0 Å². The number of hydrogen-bond acceptors (Lipinski definition) is 3. The van der Waals surface area contributed by atoms with Crippen LogP contribution >= 0.6 is 23.2 Å². The third-order valence-corrected chi connectivity index (χ3v) is 4.66. The number of carbonyl (C=O) groups excluding carboxylic acids is 1. The molecule has 9 heteroatoms. The van der Waals surface area contributed by atoms with Gasteiger partial charge in [-0.3, -0.25) is 4.79 Å². The van der Waals surface area contributed by atoms with Crippen LogP contribution in [0.5, 0.6) is 0 Å². The van der Waals surface area contributed by atoms with Gasteiger partial charge in [0.05, 0.1) is 20.5 Å². The van der Waals surface area contributed by atoms with Gasteiger partial charge in [0.2, 0.25) is 10.0 Å². The molecule has 0 bridgehead atoms. The second kappa shape index (κ2) is 6.45. The zero-order valence-corrected chi connectivity index (χ0v) is 14.1. The van der Waals surface area contributed by atoms with Gasteiger partial charge >= 0.3 is 0 Å². The Bertz CT molecular complexity index is 901. The summed E-state index contributed by atoms with van der Waals surface area (Å²) in [4.78, 5) is 12.0. The molecule has 0 saturated heterocycles. The van der Waals surface area contributed by atoms with Crippen LogP contribution in [-0.4, -0.2) is 14.3 Å². The molecular formula is C14H11Cl2FN2O3S. The molecule has 0 aliphatic carbocycles. The number of amides is 1. The lowest BCUT2D eigenvalue weighted by Crippen LogP contribution is -2.16. The molecule has 0 radical (unpaired) electrons. The number of sulfonamides is 1. The summed E-state index contributed by atoms with van der Waals surface area (Å²) < 4.78 is 36.4. The van der Waals surface area contributed by atoms with Gasteiger partial charge in [0.15, 0.2) is 0 Å². The van der Waals surface area contributed by atoms with Crippen LogP contribution in [0, 0.1) is 12.7 Å².